The minimum Gasteiger partial charge on any atom is -0.325 e. The van der Waals surface area contributed by atoms with Crippen molar-refractivity contribution in [2.75, 3.05) is 18.4 Å². The molecule has 1 atom stereocenters. The molecule has 0 unspecified atom stereocenters. The molecular weight excluding hydrogens is 420 g/mol. The number of hydrogen-bond donors (Lipinski definition) is 1. The topological polar surface area (TPSA) is 92.3 Å². The molecule has 3 rings (SSSR count). The summed E-state index contributed by atoms with van der Waals surface area (Å²) in [5, 5.41) is 3.25. The van der Waals surface area contributed by atoms with Gasteiger partial charge in [-0.05, 0) is 57.0 Å². The molecule has 30 heavy (non-hydrogen) atoms. The summed E-state index contributed by atoms with van der Waals surface area (Å²) < 4.78 is 26.7. The molecule has 2 heterocycles. The van der Waals surface area contributed by atoms with Gasteiger partial charge in [-0.15, -0.1) is 0 Å². The summed E-state index contributed by atoms with van der Waals surface area (Å²) in [6.07, 6.45) is 1.79. The standard InChI is InChI=1S/C21H28N4O3S2/c1-14(2)20-22-15(3)13-19(24-20)29-16(4)21(26)23-17-7-9-18(10-8-17)30(27,28)25-11-5-6-12-25/h7-10,13-14,16H,5-6,11-12H2,1-4H3,(H,23,26)/t16-/m1/s1. The van der Waals surface area contributed by atoms with E-state index in [1.807, 2.05) is 33.8 Å². The molecule has 1 aliphatic rings. The fraction of sp³-hybridized carbons (Fsp3) is 0.476. The first-order valence-corrected chi connectivity index (χ1v) is 12.4. The third-order valence-electron chi connectivity index (χ3n) is 4.86. The van der Waals surface area contributed by atoms with Gasteiger partial charge >= 0.3 is 0 Å². The molecule has 1 amide bonds. The van der Waals surface area contributed by atoms with E-state index in [4.69, 9.17) is 0 Å². The second-order valence-electron chi connectivity index (χ2n) is 7.75. The molecule has 1 N–H and O–H groups in total. The Kier molecular flexibility index (Phi) is 7.15. The van der Waals surface area contributed by atoms with Gasteiger partial charge in [-0.2, -0.15) is 4.31 Å². The van der Waals surface area contributed by atoms with E-state index in [9.17, 15) is 13.2 Å². The zero-order valence-electron chi connectivity index (χ0n) is 17.8. The van der Waals surface area contributed by atoms with E-state index < -0.39 is 10.0 Å². The van der Waals surface area contributed by atoms with Crippen molar-refractivity contribution in [1.82, 2.24) is 14.3 Å². The van der Waals surface area contributed by atoms with Gasteiger partial charge in [0.2, 0.25) is 15.9 Å². The highest BCUT2D eigenvalue weighted by atomic mass is 32.2. The summed E-state index contributed by atoms with van der Waals surface area (Å²) in [7, 11) is -3.45. The van der Waals surface area contributed by atoms with Crippen molar-refractivity contribution in [3.05, 3.63) is 41.9 Å². The Morgan fingerprint density at radius 3 is 2.33 bits per heavy atom. The maximum Gasteiger partial charge on any atom is 0.243 e. The fourth-order valence-corrected chi connectivity index (χ4v) is 5.58. The summed E-state index contributed by atoms with van der Waals surface area (Å²) in [6, 6.07) is 8.22. The quantitative estimate of drug-likeness (QED) is 0.511. The molecule has 0 saturated carbocycles. The molecule has 1 saturated heterocycles. The lowest BCUT2D eigenvalue weighted by atomic mass is 10.2. The van der Waals surface area contributed by atoms with E-state index in [1.54, 1.807) is 24.3 Å². The number of carbonyl (C=O) groups excluding carboxylic acids is 1. The molecule has 1 aromatic carbocycles. The Hall–Kier alpha value is -1.97. The molecule has 9 heteroatoms. The molecule has 0 radical (unpaired) electrons. The number of aryl methyl sites for hydroxylation is 1. The van der Waals surface area contributed by atoms with Crippen molar-refractivity contribution in [3.8, 4) is 0 Å². The van der Waals surface area contributed by atoms with Gasteiger partial charge in [0.05, 0.1) is 10.1 Å². The first-order chi connectivity index (χ1) is 14.2. The number of nitrogens with zero attached hydrogens (tertiary/aromatic N) is 3. The lowest BCUT2D eigenvalue weighted by molar-refractivity contribution is -0.115. The number of rotatable bonds is 7. The average molecular weight is 449 g/mol. The number of aromatic nitrogens is 2. The number of sulfonamides is 1. The largest absolute Gasteiger partial charge is 0.325 e. The van der Waals surface area contributed by atoms with Crippen molar-refractivity contribution < 1.29 is 13.2 Å². The van der Waals surface area contributed by atoms with Crippen LogP contribution in [0.5, 0.6) is 0 Å². The van der Waals surface area contributed by atoms with E-state index in [0.29, 0.717) is 18.8 Å². The summed E-state index contributed by atoms with van der Waals surface area (Å²) in [5.74, 6) is 0.807. The molecule has 2 aromatic rings. The van der Waals surface area contributed by atoms with Gasteiger partial charge in [-0.3, -0.25) is 4.79 Å². The van der Waals surface area contributed by atoms with Gasteiger partial charge < -0.3 is 5.32 Å². The van der Waals surface area contributed by atoms with Gasteiger partial charge in [-0.25, -0.2) is 18.4 Å². The van der Waals surface area contributed by atoms with E-state index in [1.165, 1.54) is 16.1 Å². The maximum atomic E-state index is 12.6. The second kappa shape index (κ2) is 9.45. The highest BCUT2D eigenvalue weighted by Gasteiger charge is 2.27. The van der Waals surface area contributed by atoms with E-state index in [0.717, 1.165) is 29.4 Å². The van der Waals surface area contributed by atoms with Crippen LogP contribution in [0, 0.1) is 6.92 Å². The first kappa shape index (κ1) is 22.7. The van der Waals surface area contributed by atoms with Crippen molar-refractivity contribution in [2.45, 2.75) is 61.6 Å². The minimum atomic E-state index is -3.45. The van der Waals surface area contributed by atoms with Crippen LogP contribution in [0.2, 0.25) is 0 Å². The number of thioether (sulfide) groups is 1. The smallest absolute Gasteiger partial charge is 0.243 e. The number of amides is 1. The predicted molar refractivity (Wildman–Crippen MR) is 119 cm³/mol. The number of hydrogen-bond acceptors (Lipinski definition) is 6. The van der Waals surface area contributed by atoms with Gasteiger partial charge in [0.25, 0.3) is 0 Å². The predicted octanol–water partition coefficient (Wildman–Crippen LogP) is 3.81. The minimum absolute atomic E-state index is 0.169. The number of benzene rings is 1. The lowest BCUT2D eigenvalue weighted by Crippen LogP contribution is -2.27. The Morgan fingerprint density at radius 2 is 1.73 bits per heavy atom. The Bertz CT molecular complexity index is 1000. The Labute approximate surface area is 182 Å². The van der Waals surface area contributed by atoms with Crippen molar-refractivity contribution >= 4 is 33.4 Å². The third kappa shape index (κ3) is 5.39. The van der Waals surface area contributed by atoms with Gasteiger partial charge in [-0.1, -0.05) is 25.6 Å². The van der Waals surface area contributed by atoms with Crippen LogP contribution in [0.4, 0.5) is 5.69 Å². The molecule has 0 spiro atoms. The third-order valence-corrected chi connectivity index (χ3v) is 7.79. The van der Waals surface area contributed by atoms with Gasteiger partial charge in [0.15, 0.2) is 0 Å². The summed E-state index contributed by atoms with van der Waals surface area (Å²) in [5.41, 5.74) is 1.44. The van der Waals surface area contributed by atoms with Gasteiger partial charge in [0, 0.05) is 30.4 Å². The molecule has 0 aliphatic carbocycles. The van der Waals surface area contributed by atoms with Crippen molar-refractivity contribution in [3.63, 3.8) is 0 Å². The maximum absolute atomic E-state index is 12.6. The van der Waals surface area contributed by atoms with E-state index in [-0.39, 0.29) is 22.0 Å². The van der Waals surface area contributed by atoms with Crippen molar-refractivity contribution in [2.24, 2.45) is 0 Å². The summed E-state index contributed by atoms with van der Waals surface area (Å²) >= 11 is 1.38. The normalized spacial score (nSPS) is 16.0. The highest BCUT2D eigenvalue weighted by molar-refractivity contribution is 8.00. The Balaban J connectivity index is 1.64. The van der Waals surface area contributed by atoms with Crippen LogP contribution < -0.4 is 5.32 Å². The number of nitrogens with one attached hydrogen (secondary N) is 1. The second-order valence-corrected chi connectivity index (χ2v) is 11.0. The van der Waals surface area contributed by atoms with Crippen LogP contribution in [0.15, 0.2) is 40.3 Å². The first-order valence-electron chi connectivity index (χ1n) is 10.1. The zero-order valence-corrected chi connectivity index (χ0v) is 19.4. The summed E-state index contributed by atoms with van der Waals surface area (Å²) in [6.45, 7) is 8.94. The van der Waals surface area contributed by atoms with E-state index in [2.05, 4.69) is 15.3 Å². The van der Waals surface area contributed by atoms with Crippen molar-refractivity contribution in [1.29, 1.82) is 0 Å². The van der Waals surface area contributed by atoms with Crippen LogP contribution in [-0.2, 0) is 14.8 Å². The van der Waals surface area contributed by atoms with Crippen LogP contribution >= 0.6 is 11.8 Å². The van der Waals surface area contributed by atoms with Crippen LogP contribution in [0.25, 0.3) is 0 Å². The Morgan fingerprint density at radius 1 is 1.10 bits per heavy atom. The molecule has 1 fully saturated rings. The molecule has 1 aromatic heterocycles. The molecule has 1 aliphatic heterocycles. The average Bonchev–Trinajstić information content (AvgIpc) is 3.23. The molecule has 0 bridgehead atoms. The molecule has 7 nitrogen and oxygen atoms in total. The molecule has 162 valence electrons. The zero-order chi connectivity index (χ0) is 21.9. The van der Waals surface area contributed by atoms with E-state index >= 15 is 0 Å². The van der Waals surface area contributed by atoms with Crippen LogP contribution in [-0.4, -0.2) is 46.9 Å². The number of anilines is 1. The number of carbonyl (C=O) groups is 1. The molecular formula is C21H28N4O3S2. The highest BCUT2D eigenvalue weighted by Crippen LogP contribution is 2.26. The van der Waals surface area contributed by atoms with Crippen LogP contribution in [0.1, 0.15) is 51.0 Å². The summed E-state index contributed by atoms with van der Waals surface area (Å²) in [4.78, 5) is 21.8. The fourth-order valence-electron chi connectivity index (χ4n) is 3.15. The SMILES string of the molecule is Cc1cc(S[C@H](C)C(=O)Nc2ccc(S(=O)(=O)N3CCCC3)cc2)nc(C(C)C)n1. The monoisotopic (exact) mass is 448 g/mol. The lowest BCUT2D eigenvalue weighted by Gasteiger charge is -2.16. The van der Waals surface area contributed by atoms with Crippen LogP contribution in [0.3, 0.4) is 0 Å². The van der Waals surface area contributed by atoms with Gasteiger partial charge in [0.1, 0.15) is 10.9 Å².